The van der Waals surface area contributed by atoms with Gasteiger partial charge in [-0.15, -0.1) is 0 Å². The average Bonchev–Trinajstić information content (AvgIpc) is 2.81. The molecule has 0 spiro atoms. The summed E-state index contributed by atoms with van der Waals surface area (Å²) >= 11 is 0. The van der Waals surface area contributed by atoms with Gasteiger partial charge in [0.1, 0.15) is 17.7 Å². The molecule has 2 N–H and O–H groups in total. The number of alkyl halides is 5. The number of halogens is 6. The fourth-order valence-corrected chi connectivity index (χ4v) is 4.99. The van der Waals surface area contributed by atoms with Crippen molar-refractivity contribution >= 4 is 33.4 Å². The maximum atomic E-state index is 13.8. The second kappa shape index (κ2) is 10.5. The molecule has 0 aromatic heterocycles. The Labute approximate surface area is 219 Å². The number of ether oxygens (including phenoxy) is 2. The van der Waals surface area contributed by atoms with Gasteiger partial charge in [0.05, 0.1) is 23.7 Å². The second-order valence-corrected chi connectivity index (χ2v) is 10.8. The predicted octanol–water partition coefficient (Wildman–Crippen LogP) is 4.44. The van der Waals surface area contributed by atoms with Crippen molar-refractivity contribution in [2.24, 2.45) is 0 Å². The lowest BCUT2D eigenvalue weighted by atomic mass is 10.00. The van der Waals surface area contributed by atoms with Gasteiger partial charge in [-0.3, -0.25) is 14.4 Å². The third-order valence-electron chi connectivity index (χ3n) is 5.58. The molecule has 0 radical (unpaired) electrons. The molecule has 9 nitrogen and oxygen atoms in total. The van der Waals surface area contributed by atoms with Crippen LogP contribution in [0.1, 0.15) is 20.8 Å². The molecule has 0 saturated heterocycles. The van der Waals surface area contributed by atoms with Crippen molar-refractivity contribution in [2.45, 2.75) is 49.5 Å². The molecule has 1 heterocycles. The SMILES string of the molecule is CC(=O)NC[C@H]1CN(S(=O)(=O)c2ccc(F)cc2)c2cc(NC(=O)OC(C)(C)C(F)(F)C(F)(F)F)ccc2O1. The minimum atomic E-state index is -6.00. The Kier molecular flexibility index (Phi) is 8.01. The fourth-order valence-electron chi connectivity index (χ4n) is 3.50. The summed E-state index contributed by atoms with van der Waals surface area (Å²) in [6.07, 6.45) is -8.54. The predicted molar refractivity (Wildman–Crippen MR) is 126 cm³/mol. The van der Waals surface area contributed by atoms with Crippen LogP contribution in [0, 0.1) is 5.82 Å². The molecule has 2 aromatic rings. The van der Waals surface area contributed by atoms with Gasteiger partial charge < -0.3 is 14.8 Å². The number of amides is 2. The van der Waals surface area contributed by atoms with E-state index in [0.29, 0.717) is 13.8 Å². The molecule has 214 valence electrons. The van der Waals surface area contributed by atoms with Crippen molar-refractivity contribution < 1.29 is 53.8 Å². The summed E-state index contributed by atoms with van der Waals surface area (Å²) in [5.41, 5.74) is -3.66. The number of sulfonamides is 1. The van der Waals surface area contributed by atoms with Gasteiger partial charge in [0.15, 0.2) is 5.60 Å². The van der Waals surface area contributed by atoms with Crippen molar-refractivity contribution in [3.63, 3.8) is 0 Å². The summed E-state index contributed by atoms with van der Waals surface area (Å²) in [6, 6.07) is 7.34. The monoisotopic (exact) mass is 583 g/mol. The quantitative estimate of drug-likeness (QED) is 0.466. The van der Waals surface area contributed by atoms with E-state index < -0.39 is 51.6 Å². The van der Waals surface area contributed by atoms with Crippen molar-refractivity contribution in [1.29, 1.82) is 0 Å². The van der Waals surface area contributed by atoms with Crippen LogP contribution in [0.25, 0.3) is 0 Å². The third kappa shape index (κ3) is 6.32. The van der Waals surface area contributed by atoms with Crippen LogP contribution in [0.5, 0.6) is 5.75 Å². The van der Waals surface area contributed by atoms with E-state index >= 15 is 0 Å². The Morgan fingerprint density at radius 2 is 1.69 bits per heavy atom. The molecule has 1 aliphatic rings. The lowest BCUT2D eigenvalue weighted by Gasteiger charge is -2.36. The summed E-state index contributed by atoms with van der Waals surface area (Å²) in [7, 11) is -4.37. The number of nitrogens with zero attached hydrogens (tertiary/aromatic N) is 1. The summed E-state index contributed by atoms with van der Waals surface area (Å²) in [5, 5.41) is 4.49. The van der Waals surface area contributed by atoms with Gasteiger partial charge in [0.2, 0.25) is 5.91 Å². The van der Waals surface area contributed by atoms with E-state index in [1.54, 1.807) is 0 Å². The molecule has 0 aliphatic carbocycles. The van der Waals surface area contributed by atoms with Crippen LogP contribution < -0.4 is 19.7 Å². The molecule has 0 unspecified atom stereocenters. The Balaban J connectivity index is 1.93. The van der Waals surface area contributed by atoms with Crippen LogP contribution in [0.4, 0.5) is 42.5 Å². The molecule has 1 atom stereocenters. The molecule has 0 fully saturated rings. The van der Waals surface area contributed by atoms with Crippen molar-refractivity contribution in [3.8, 4) is 5.75 Å². The standard InChI is InChI=1S/C23H23F6N3O6S/c1-13(33)30-11-16-12-32(39(35,36)17-7-4-14(24)5-8-17)18-10-15(6-9-19(18)37-16)31-20(34)38-21(2,3)22(25,26)23(27,28)29/h4-10,16H,11-12H2,1-3H3,(H,30,33)(H,31,34)/t16-/m0/s1. The topological polar surface area (TPSA) is 114 Å². The number of carbonyl (C=O) groups excluding carboxylic acids is 2. The van der Waals surface area contributed by atoms with Gasteiger partial charge in [-0.25, -0.2) is 17.6 Å². The van der Waals surface area contributed by atoms with Crippen LogP contribution in [0.3, 0.4) is 0 Å². The molecule has 2 amide bonds. The lowest BCUT2D eigenvalue weighted by molar-refractivity contribution is -0.332. The number of rotatable bonds is 7. The summed E-state index contributed by atoms with van der Waals surface area (Å²) in [6.45, 7) is 1.58. The summed E-state index contributed by atoms with van der Waals surface area (Å²) in [4.78, 5) is 23.3. The Hall–Kier alpha value is -3.69. The van der Waals surface area contributed by atoms with Gasteiger partial charge >= 0.3 is 18.2 Å². The first-order valence-electron chi connectivity index (χ1n) is 11.1. The number of benzene rings is 2. The average molecular weight is 584 g/mol. The Morgan fingerprint density at radius 3 is 2.26 bits per heavy atom. The largest absolute Gasteiger partial charge is 0.484 e. The molecule has 3 rings (SSSR count). The minimum Gasteiger partial charge on any atom is -0.484 e. The molecule has 1 aliphatic heterocycles. The highest BCUT2D eigenvalue weighted by Gasteiger charge is 2.68. The molecule has 2 aromatic carbocycles. The van der Waals surface area contributed by atoms with Crippen molar-refractivity contribution in [2.75, 3.05) is 22.7 Å². The fraction of sp³-hybridized carbons (Fsp3) is 0.391. The van der Waals surface area contributed by atoms with Crippen molar-refractivity contribution in [1.82, 2.24) is 5.32 Å². The van der Waals surface area contributed by atoms with E-state index in [-0.39, 0.29) is 35.1 Å². The highest BCUT2D eigenvalue weighted by Crippen LogP contribution is 2.45. The van der Waals surface area contributed by atoms with Gasteiger partial charge in [-0.1, -0.05) is 0 Å². The van der Waals surface area contributed by atoms with E-state index in [9.17, 15) is 44.3 Å². The third-order valence-corrected chi connectivity index (χ3v) is 7.37. The molecule has 0 bridgehead atoms. The normalized spacial score (nSPS) is 16.1. The van der Waals surface area contributed by atoms with E-state index in [0.717, 1.165) is 34.6 Å². The van der Waals surface area contributed by atoms with Crippen LogP contribution in [0.2, 0.25) is 0 Å². The smallest absolute Gasteiger partial charge is 0.457 e. The van der Waals surface area contributed by atoms with Gasteiger partial charge in [-0.2, -0.15) is 22.0 Å². The number of hydrogen-bond acceptors (Lipinski definition) is 6. The molecule has 0 saturated carbocycles. The van der Waals surface area contributed by atoms with Crippen molar-refractivity contribution in [3.05, 3.63) is 48.3 Å². The number of anilines is 2. The highest BCUT2D eigenvalue weighted by molar-refractivity contribution is 7.92. The Bertz CT molecular complexity index is 1350. The van der Waals surface area contributed by atoms with Crippen LogP contribution in [-0.4, -0.2) is 57.3 Å². The zero-order valence-corrected chi connectivity index (χ0v) is 21.4. The van der Waals surface area contributed by atoms with Crippen LogP contribution in [-0.2, 0) is 19.6 Å². The van der Waals surface area contributed by atoms with Crippen LogP contribution in [0.15, 0.2) is 47.4 Å². The van der Waals surface area contributed by atoms with E-state index in [1.165, 1.54) is 19.1 Å². The zero-order valence-electron chi connectivity index (χ0n) is 20.6. The zero-order chi connectivity index (χ0) is 29.4. The number of nitrogens with one attached hydrogen (secondary N) is 2. The second-order valence-electron chi connectivity index (χ2n) is 8.95. The summed E-state index contributed by atoms with van der Waals surface area (Å²) < 4.78 is 117. The molecule has 16 heteroatoms. The maximum absolute atomic E-state index is 13.8. The first kappa shape index (κ1) is 29.9. The molecular formula is C23H23F6N3O6S. The first-order valence-corrected chi connectivity index (χ1v) is 12.6. The molecule has 39 heavy (non-hydrogen) atoms. The van der Waals surface area contributed by atoms with E-state index in [4.69, 9.17) is 4.74 Å². The van der Waals surface area contributed by atoms with Crippen LogP contribution >= 0.6 is 0 Å². The summed E-state index contributed by atoms with van der Waals surface area (Å²) in [5.74, 6) is -6.51. The lowest BCUT2D eigenvalue weighted by Crippen LogP contribution is -2.56. The van der Waals surface area contributed by atoms with E-state index in [2.05, 4.69) is 10.1 Å². The first-order chi connectivity index (χ1) is 17.8. The van der Waals surface area contributed by atoms with Gasteiger partial charge in [0, 0.05) is 12.6 Å². The number of hydrogen-bond donors (Lipinski definition) is 2. The highest BCUT2D eigenvalue weighted by atomic mass is 32.2. The number of carbonyl (C=O) groups is 2. The number of fused-ring (bicyclic) bond motifs is 1. The molecular weight excluding hydrogens is 560 g/mol. The van der Waals surface area contributed by atoms with Gasteiger partial charge in [-0.05, 0) is 56.3 Å². The van der Waals surface area contributed by atoms with E-state index in [1.807, 2.05) is 5.32 Å². The van der Waals surface area contributed by atoms with Gasteiger partial charge in [0.25, 0.3) is 10.0 Å². The minimum absolute atomic E-state index is 0.0230. The Morgan fingerprint density at radius 1 is 1.08 bits per heavy atom. The maximum Gasteiger partial charge on any atom is 0.457 e.